The van der Waals surface area contributed by atoms with Gasteiger partial charge in [-0.25, -0.2) is 4.79 Å². The average Bonchev–Trinajstić information content (AvgIpc) is 2.48. The average molecular weight is 356 g/mol. The molecule has 6 nitrogen and oxygen atoms in total. The number of hydrogen-bond donors (Lipinski definition) is 1. The van der Waals surface area contributed by atoms with E-state index in [1.165, 1.54) is 0 Å². The van der Waals surface area contributed by atoms with E-state index in [1.54, 1.807) is 45.0 Å². The smallest absolute Gasteiger partial charge is 0.407 e. The monoisotopic (exact) mass is 355 g/mol. The van der Waals surface area contributed by atoms with Crippen molar-refractivity contribution >= 4 is 29.4 Å². The summed E-state index contributed by atoms with van der Waals surface area (Å²) in [6.07, 6.45) is -0.537. The van der Waals surface area contributed by atoms with Crippen LogP contribution in [0.1, 0.15) is 44.0 Å². The van der Waals surface area contributed by atoms with Crippen molar-refractivity contribution in [1.82, 2.24) is 5.32 Å². The second-order valence-corrected chi connectivity index (χ2v) is 6.52. The lowest BCUT2D eigenvalue weighted by Crippen LogP contribution is -2.34. The first-order valence-electron chi connectivity index (χ1n) is 7.58. The van der Waals surface area contributed by atoms with E-state index in [0.29, 0.717) is 10.6 Å². The highest BCUT2D eigenvalue weighted by atomic mass is 35.5. The molecule has 0 bridgehead atoms. The van der Waals surface area contributed by atoms with Crippen LogP contribution < -0.4 is 5.32 Å². The molecule has 0 saturated carbocycles. The van der Waals surface area contributed by atoms with E-state index < -0.39 is 17.7 Å². The van der Waals surface area contributed by atoms with Gasteiger partial charge >= 0.3 is 12.1 Å². The topological polar surface area (TPSA) is 81.7 Å². The molecular weight excluding hydrogens is 334 g/mol. The van der Waals surface area contributed by atoms with Gasteiger partial charge in [0.15, 0.2) is 5.78 Å². The van der Waals surface area contributed by atoms with Crippen LogP contribution in [0.2, 0.25) is 5.02 Å². The fourth-order valence-corrected chi connectivity index (χ4v) is 1.83. The number of alkyl carbamates (subject to hydrolysis) is 1. The van der Waals surface area contributed by atoms with Crippen molar-refractivity contribution in [1.29, 1.82) is 0 Å². The molecule has 7 heteroatoms. The molecule has 0 radical (unpaired) electrons. The zero-order chi connectivity index (χ0) is 18.2. The van der Waals surface area contributed by atoms with Gasteiger partial charge in [0, 0.05) is 17.0 Å². The highest BCUT2D eigenvalue weighted by molar-refractivity contribution is 6.30. The van der Waals surface area contributed by atoms with Crippen molar-refractivity contribution in [3.63, 3.8) is 0 Å². The Labute approximate surface area is 146 Å². The molecule has 0 aliphatic heterocycles. The molecule has 0 aromatic heterocycles. The molecule has 0 aliphatic carbocycles. The number of carbonyl (C=O) groups is 3. The highest BCUT2D eigenvalue weighted by Crippen LogP contribution is 2.12. The molecule has 1 aromatic rings. The minimum atomic E-state index is -0.581. The van der Waals surface area contributed by atoms with E-state index >= 15 is 0 Å². The lowest BCUT2D eigenvalue weighted by molar-refractivity contribution is -0.143. The number of hydrogen-bond acceptors (Lipinski definition) is 5. The molecule has 132 valence electrons. The number of carbonyl (C=O) groups excluding carboxylic acids is 3. The van der Waals surface area contributed by atoms with Crippen molar-refractivity contribution in [2.24, 2.45) is 0 Å². The summed E-state index contributed by atoms with van der Waals surface area (Å²) in [4.78, 5) is 34.8. The summed E-state index contributed by atoms with van der Waals surface area (Å²) in [5.74, 6) is -0.654. The fourth-order valence-electron chi connectivity index (χ4n) is 1.70. The molecule has 0 atom stereocenters. The Morgan fingerprint density at radius 3 is 2.29 bits per heavy atom. The number of halogens is 1. The minimum Gasteiger partial charge on any atom is -0.464 e. The highest BCUT2D eigenvalue weighted by Gasteiger charge is 2.15. The third-order valence-electron chi connectivity index (χ3n) is 2.76. The number of ether oxygens (including phenoxy) is 2. The largest absolute Gasteiger partial charge is 0.464 e. The van der Waals surface area contributed by atoms with Crippen molar-refractivity contribution in [3.8, 4) is 0 Å². The van der Waals surface area contributed by atoms with E-state index in [1.807, 2.05) is 0 Å². The van der Waals surface area contributed by atoms with Gasteiger partial charge in [0.2, 0.25) is 0 Å². The number of ketones is 1. The van der Waals surface area contributed by atoms with E-state index in [4.69, 9.17) is 21.1 Å². The van der Waals surface area contributed by atoms with Gasteiger partial charge in [-0.1, -0.05) is 11.6 Å². The van der Waals surface area contributed by atoms with Gasteiger partial charge in [0.1, 0.15) is 12.2 Å². The zero-order valence-electron chi connectivity index (χ0n) is 14.1. The maximum Gasteiger partial charge on any atom is 0.407 e. The molecule has 1 N–H and O–H groups in total. The molecule has 0 aliphatic rings. The third-order valence-corrected chi connectivity index (χ3v) is 3.01. The summed E-state index contributed by atoms with van der Waals surface area (Å²) in [6, 6.07) is 6.46. The van der Waals surface area contributed by atoms with Crippen molar-refractivity contribution in [2.75, 3.05) is 13.2 Å². The van der Waals surface area contributed by atoms with Crippen LogP contribution in [-0.4, -0.2) is 36.6 Å². The van der Waals surface area contributed by atoms with Gasteiger partial charge in [-0.3, -0.25) is 9.59 Å². The van der Waals surface area contributed by atoms with E-state index in [2.05, 4.69) is 5.32 Å². The molecule has 1 aromatic carbocycles. The Morgan fingerprint density at radius 2 is 1.71 bits per heavy atom. The Balaban J connectivity index is 2.19. The van der Waals surface area contributed by atoms with Crippen LogP contribution in [0.25, 0.3) is 0 Å². The van der Waals surface area contributed by atoms with Crippen molar-refractivity contribution in [2.45, 2.75) is 39.2 Å². The van der Waals surface area contributed by atoms with Crippen LogP contribution in [0, 0.1) is 0 Å². The first kappa shape index (κ1) is 20.0. The Bertz CT molecular complexity index is 578. The van der Waals surface area contributed by atoms with Gasteiger partial charge in [-0.15, -0.1) is 0 Å². The summed E-state index contributed by atoms with van der Waals surface area (Å²) >= 11 is 5.75. The summed E-state index contributed by atoms with van der Waals surface area (Å²) in [6.45, 7) is 5.43. The second-order valence-electron chi connectivity index (χ2n) is 6.08. The minimum absolute atomic E-state index is 0.0199. The van der Waals surface area contributed by atoms with Crippen LogP contribution in [0.15, 0.2) is 24.3 Å². The van der Waals surface area contributed by atoms with Gasteiger partial charge < -0.3 is 14.8 Å². The Hall–Kier alpha value is -2.08. The van der Waals surface area contributed by atoms with Crippen LogP contribution in [0.5, 0.6) is 0 Å². The molecule has 0 unspecified atom stereocenters. The summed E-state index contributed by atoms with van der Waals surface area (Å²) < 4.78 is 9.98. The number of Topliss-reactive ketones (excluding diaryl/α,β-unsaturated/α-hetero) is 1. The predicted octanol–water partition coefficient (Wildman–Crippen LogP) is 3.37. The van der Waals surface area contributed by atoms with E-state index in [-0.39, 0.29) is 31.8 Å². The van der Waals surface area contributed by atoms with Gasteiger partial charge in [-0.05, 0) is 45.0 Å². The van der Waals surface area contributed by atoms with Gasteiger partial charge in [0.05, 0.1) is 13.0 Å². The molecule has 0 spiro atoms. The standard InChI is InChI=1S/C17H22ClNO5/c1-17(2,3)24-16(22)19-10-11-23-15(21)9-8-14(20)12-4-6-13(18)7-5-12/h4-7H,8-11H2,1-3H3,(H,19,22). The van der Waals surface area contributed by atoms with Gasteiger partial charge in [-0.2, -0.15) is 0 Å². The third kappa shape index (κ3) is 8.53. The van der Waals surface area contributed by atoms with Crippen LogP contribution >= 0.6 is 11.6 Å². The molecule has 0 saturated heterocycles. The van der Waals surface area contributed by atoms with Crippen molar-refractivity contribution < 1.29 is 23.9 Å². The summed E-state index contributed by atoms with van der Waals surface area (Å²) in [7, 11) is 0. The maximum atomic E-state index is 11.9. The summed E-state index contributed by atoms with van der Waals surface area (Å²) in [5.41, 5.74) is -0.0817. The number of rotatable bonds is 7. The van der Waals surface area contributed by atoms with E-state index in [0.717, 1.165) is 0 Å². The molecule has 1 rings (SSSR count). The molecule has 1 amide bonds. The fraction of sp³-hybridized carbons (Fsp3) is 0.471. The maximum absolute atomic E-state index is 11.9. The molecule has 24 heavy (non-hydrogen) atoms. The Kier molecular flexibility index (Phi) is 7.71. The second kappa shape index (κ2) is 9.27. The molecular formula is C17H22ClNO5. The molecule has 0 fully saturated rings. The number of esters is 1. The van der Waals surface area contributed by atoms with E-state index in [9.17, 15) is 14.4 Å². The first-order valence-corrected chi connectivity index (χ1v) is 7.96. The zero-order valence-corrected chi connectivity index (χ0v) is 14.8. The molecule has 0 heterocycles. The lowest BCUT2D eigenvalue weighted by Gasteiger charge is -2.19. The van der Waals surface area contributed by atoms with Gasteiger partial charge in [0.25, 0.3) is 0 Å². The van der Waals surface area contributed by atoms with Crippen LogP contribution in [0.4, 0.5) is 4.79 Å². The lowest BCUT2D eigenvalue weighted by atomic mass is 10.1. The number of benzene rings is 1. The number of nitrogens with one attached hydrogen (secondary N) is 1. The first-order chi connectivity index (χ1) is 11.2. The quantitative estimate of drug-likeness (QED) is 0.460. The number of amides is 1. The van der Waals surface area contributed by atoms with Crippen molar-refractivity contribution in [3.05, 3.63) is 34.9 Å². The van der Waals surface area contributed by atoms with Crippen LogP contribution in [0.3, 0.4) is 0 Å². The Morgan fingerprint density at radius 1 is 1.08 bits per heavy atom. The summed E-state index contributed by atoms with van der Waals surface area (Å²) in [5, 5.41) is 3.02. The van der Waals surface area contributed by atoms with Crippen LogP contribution in [-0.2, 0) is 14.3 Å². The SMILES string of the molecule is CC(C)(C)OC(=O)NCCOC(=O)CCC(=O)c1ccc(Cl)cc1. The predicted molar refractivity (Wildman–Crippen MR) is 90.2 cm³/mol. The normalized spacial score (nSPS) is 10.8.